The van der Waals surface area contributed by atoms with Gasteiger partial charge in [0.2, 0.25) is 17.7 Å². The third kappa shape index (κ3) is 4.35. The highest BCUT2D eigenvalue weighted by Crippen LogP contribution is 2.31. The molecule has 35 heavy (non-hydrogen) atoms. The van der Waals surface area contributed by atoms with E-state index in [1.807, 2.05) is 0 Å². The summed E-state index contributed by atoms with van der Waals surface area (Å²) < 4.78 is 14.1. The van der Waals surface area contributed by atoms with Crippen molar-refractivity contribution in [1.82, 2.24) is 0 Å². The summed E-state index contributed by atoms with van der Waals surface area (Å²) in [7, 11) is 0. The molecule has 2 N–H and O–H groups in total. The number of carbonyl (C=O) groups is 4. The predicted molar refractivity (Wildman–Crippen MR) is 129 cm³/mol. The van der Waals surface area contributed by atoms with Gasteiger partial charge in [-0.05, 0) is 48.5 Å². The Morgan fingerprint density at radius 2 is 1.60 bits per heavy atom. The van der Waals surface area contributed by atoms with Gasteiger partial charge in [-0.1, -0.05) is 24.3 Å². The minimum Gasteiger partial charge on any atom is -0.326 e. The fourth-order valence-corrected chi connectivity index (χ4v) is 4.30. The fraction of sp³-hybridized carbons (Fsp3) is 0.154. The molecule has 4 amide bonds. The third-order valence-corrected chi connectivity index (χ3v) is 6.05. The lowest BCUT2D eigenvalue weighted by molar-refractivity contribution is -0.122. The zero-order valence-electron chi connectivity index (χ0n) is 18.5. The zero-order valence-corrected chi connectivity index (χ0v) is 18.5. The second kappa shape index (κ2) is 9.02. The maximum absolute atomic E-state index is 14.1. The minimum absolute atomic E-state index is 0.0207. The van der Waals surface area contributed by atoms with Crippen molar-refractivity contribution in [2.24, 2.45) is 5.92 Å². The molecule has 176 valence electrons. The molecular weight excluding hydrogens is 451 g/mol. The highest BCUT2D eigenvalue weighted by atomic mass is 19.1. The topological polar surface area (TPSA) is 98.8 Å². The van der Waals surface area contributed by atoms with Gasteiger partial charge in [0.1, 0.15) is 12.4 Å². The standard InChI is InChI=1S/C26H21FN4O4/c27-19-5-1-3-7-21(19)30-14-17(13-24(30)33)25(34)28-18-11-9-16(10-12-18)26(35)31-15-23(32)29-20-6-2-4-8-22(20)31/h1-12,17H,13-15H2,(H,28,34)(H,29,32). The molecule has 2 aliphatic rings. The van der Waals surface area contributed by atoms with Crippen molar-refractivity contribution in [2.45, 2.75) is 6.42 Å². The summed E-state index contributed by atoms with van der Waals surface area (Å²) in [4.78, 5) is 52.9. The van der Waals surface area contributed by atoms with Crippen LogP contribution in [0, 0.1) is 11.7 Å². The van der Waals surface area contributed by atoms with Crippen LogP contribution in [0.1, 0.15) is 16.8 Å². The SMILES string of the molecule is O=C1CN(C(=O)c2ccc(NC(=O)C3CC(=O)N(c4ccccc4F)C3)cc2)c2ccccc2N1. The Bertz CT molecular complexity index is 1340. The Labute approximate surface area is 200 Å². The van der Waals surface area contributed by atoms with Crippen LogP contribution in [0.5, 0.6) is 0 Å². The second-order valence-electron chi connectivity index (χ2n) is 8.38. The lowest BCUT2D eigenvalue weighted by atomic mass is 10.1. The minimum atomic E-state index is -0.633. The number of nitrogens with zero attached hydrogens (tertiary/aromatic N) is 2. The Morgan fingerprint density at radius 1 is 0.914 bits per heavy atom. The number of fused-ring (bicyclic) bond motifs is 1. The molecule has 1 fully saturated rings. The number of benzene rings is 3. The summed E-state index contributed by atoms with van der Waals surface area (Å²) in [6.07, 6.45) is -0.0207. The quantitative estimate of drug-likeness (QED) is 0.608. The summed E-state index contributed by atoms with van der Waals surface area (Å²) >= 11 is 0. The zero-order chi connectivity index (χ0) is 24.5. The maximum Gasteiger partial charge on any atom is 0.258 e. The van der Waals surface area contributed by atoms with E-state index in [9.17, 15) is 23.6 Å². The highest BCUT2D eigenvalue weighted by molar-refractivity contribution is 6.15. The van der Waals surface area contributed by atoms with Gasteiger partial charge in [-0.15, -0.1) is 0 Å². The van der Waals surface area contributed by atoms with E-state index in [1.165, 1.54) is 28.0 Å². The Balaban J connectivity index is 1.26. The van der Waals surface area contributed by atoms with E-state index in [0.717, 1.165) is 0 Å². The summed E-state index contributed by atoms with van der Waals surface area (Å²) in [5.41, 5.74) is 2.15. The summed E-state index contributed by atoms with van der Waals surface area (Å²) in [5.74, 6) is -2.45. The fourth-order valence-electron chi connectivity index (χ4n) is 4.30. The number of para-hydroxylation sites is 3. The number of hydrogen-bond acceptors (Lipinski definition) is 4. The molecule has 1 unspecified atom stereocenters. The van der Waals surface area contributed by atoms with Crippen LogP contribution in [0.15, 0.2) is 72.8 Å². The number of nitrogens with one attached hydrogen (secondary N) is 2. The average molecular weight is 472 g/mol. The van der Waals surface area contributed by atoms with Crippen LogP contribution in [-0.4, -0.2) is 36.7 Å². The normalized spacial score (nSPS) is 17.1. The van der Waals surface area contributed by atoms with Crippen LogP contribution in [0.2, 0.25) is 0 Å². The van der Waals surface area contributed by atoms with E-state index in [2.05, 4.69) is 10.6 Å². The van der Waals surface area contributed by atoms with Crippen molar-refractivity contribution in [3.05, 3.63) is 84.2 Å². The molecule has 8 nitrogen and oxygen atoms in total. The van der Waals surface area contributed by atoms with Gasteiger partial charge < -0.3 is 15.5 Å². The van der Waals surface area contributed by atoms with Crippen LogP contribution in [-0.2, 0) is 14.4 Å². The molecule has 0 aromatic heterocycles. The van der Waals surface area contributed by atoms with Crippen molar-refractivity contribution in [3.8, 4) is 0 Å². The van der Waals surface area contributed by atoms with Gasteiger partial charge >= 0.3 is 0 Å². The monoisotopic (exact) mass is 472 g/mol. The van der Waals surface area contributed by atoms with Gasteiger partial charge in [0, 0.05) is 24.2 Å². The summed E-state index contributed by atoms with van der Waals surface area (Å²) in [5, 5.41) is 5.50. The lowest BCUT2D eigenvalue weighted by Gasteiger charge is -2.29. The first-order chi connectivity index (χ1) is 16.9. The molecule has 0 saturated carbocycles. The van der Waals surface area contributed by atoms with Gasteiger partial charge in [-0.2, -0.15) is 0 Å². The first-order valence-electron chi connectivity index (χ1n) is 11.1. The van der Waals surface area contributed by atoms with Gasteiger partial charge in [0.25, 0.3) is 5.91 Å². The average Bonchev–Trinajstić information content (AvgIpc) is 3.25. The lowest BCUT2D eigenvalue weighted by Crippen LogP contribution is -2.42. The highest BCUT2D eigenvalue weighted by Gasteiger charge is 2.36. The molecule has 3 aromatic rings. The Kier molecular flexibility index (Phi) is 5.74. The van der Waals surface area contributed by atoms with E-state index in [-0.39, 0.29) is 48.8 Å². The number of amides is 4. The molecule has 0 radical (unpaired) electrons. The number of hydrogen-bond donors (Lipinski definition) is 2. The molecule has 2 heterocycles. The Morgan fingerprint density at radius 3 is 2.34 bits per heavy atom. The molecule has 0 aliphatic carbocycles. The number of anilines is 4. The van der Waals surface area contributed by atoms with Crippen molar-refractivity contribution in [2.75, 3.05) is 33.5 Å². The molecule has 1 atom stereocenters. The van der Waals surface area contributed by atoms with Crippen molar-refractivity contribution in [1.29, 1.82) is 0 Å². The molecule has 0 spiro atoms. The van der Waals surface area contributed by atoms with Crippen LogP contribution < -0.4 is 20.4 Å². The van der Waals surface area contributed by atoms with Crippen LogP contribution >= 0.6 is 0 Å². The molecular formula is C26H21FN4O4. The molecule has 3 aromatic carbocycles. The second-order valence-corrected chi connectivity index (χ2v) is 8.38. The van der Waals surface area contributed by atoms with E-state index >= 15 is 0 Å². The van der Waals surface area contributed by atoms with E-state index < -0.39 is 11.7 Å². The van der Waals surface area contributed by atoms with Crippen LogP contribution in [0.3, 0.4) is 0 Å². The van der Waals surface area contributed by atoms with E-state index in [0.29, 0.717) is 22.6 Å². The van der Waals surface area contributed by atoms with Crippen LogP contribution in [0.25, 0.3) is 0 Å². The van der Waals surface area contributed by atoms with Gasteiger partial charge in [-0.3, -0.25) is 24.1 Å². The number of carbonyl (C=O) groups excluding carboxylic acids is 4. The van der Waals surface area contributed by atoms with Gasteiger partial charge in [-0.25, -0.2) is 4.39 Å². The molecule has 9 heteroatoms. The maximum atomic E-state index is 14.1. The largest absolute Gasteiger partial charge is 0.326 e. The summed E-state index contributed by atoms with van der Waals surface area (Å²) in [6, 6.07) is 19.3. The van der Waals surface area contributed by atoms with Crippen LogP contribution in [0.4, 0.5) is 27.1 Å². The number of halogens is 1. The first kappa shape index (κ1) is 22.3. The third-order valence-electron chi connectivity index (χ3n) is 6.05. The number of rotatable bonds is 4. The van der Waals surface area contributed by atoms with E-state index in [4.69, 9.17) is 0 Å². The van der Waals surface area contributed by atoms with Gasteiger partial charge in [0.05, 0.1) is 23.0 Å². The van der Waals surface area contributed by atoms with Crippen molar-refractivity contribution < 1.29 is 23.6 Å². The Hall–Kier alpha value is -4.53. The first-order valence-corrected chi connectivity index (χ1v) is 11.1. The molecule has 1 saturated heterocycles. The van der Waals surface area contributed by atoms with Crippen molar-refractivity contribution >= 4 is 46.4 Å². The van der Waals surface area contributed by atoms with Crippen molar-refractivity contribution in [3.63, 3.8) is 0 Å². The summed E-state index contributed by atoms with van der Waals surface area (Å²) in [6.45, 7) is -0.0127. The molecule has 5 rings (SSSR count). The van der Waals surface area contributed by atoms with E-state index in [1.54, 1.807) is 54.6 Å². The predicted octanol–water partition coefficient (Wildman–Crippen LogP) is 3.42. The molecule has 2 aliphatic heterocycles. The van der Waals surface area contributed by atoms with Gasteiger partial charge in [0.15, 0.2) is 0 Å². The molecule has 0 bridgehead atoms. The smallest absolute Gasteiger partial charge is 0.258 e.